The standard InChI is InChI=1S/C23H23O4P/c1-3-26-28(25,27-4-2)16-15-19-14-13-18-9-5-7-11-21(18)23(19)22-12-8-6-10-20(22)17-24/h5-17H,3-4H2,1-2H3/b16-15+. The van der Waals surface area contributed by atoms with Crippen LogP contribution < -0.4 is 0 Å². The van der Waals surface area contributed by atoms with E-state index in [9.17, 15) is 9.36 Å². The van der Waals surface area contributed by atoms with Crippen molar-refractivity contribution >= 4 is 30.7 Å². The van der Waals surface area contributed by atoms with Gasteiger partial charge in [0.25, 0.3) is 0 Å². The number of hydrogen-bond donors (Lipinski definition) is 0. The summed E-state index contributed by atoms with van der Waals surface area (Å²) in [5.74, 6) is 1.50. The zero-order chi connectivity index (χ0) is 20.0. The number of benzene rings is 3. The molecule has 0 amide bonds. The van der Waals surface area contributed by atoms with Crippen molar-refractivity contribution in [1.29, 1.82) is 0 Å². The van der Waals surface area contributed by atoms with Crippen LogP contribution in [0.4, 0.5) is 0 Å². The van der Waals surface area contributed by atoms with Crippen molar-refractivity contribution in [2.45, 2.75) is 13.8 Å². The minimum absolute atomic E-state index is 0.292. The molecule has 0 unspecified atom stereocenters. The van der Waals surface area contributed by atoms with Crippen LogP contribution >= 0.6 is 7.60 Å². The van der Waals surface area contributed by atoms with Gasteiger partial charge in [-0.2, -0.15) is 0 Å². The Hall–Kier alpha value is -2.52. The average molecular weight is 394 g/mol. The van der Waals surface area contributed by atoms with Gasteiger partial charge in [0.2, 0.25) is 0 Å². The number of fused-ring (bicyclic) bond motifs is 1. The molecule has 0 N–H and O–H groups in total. The molecule has 28 heavy (non-hydrogen) atoms. The predicted octanol–water partition coefficient (Wildman–Crippen LogP) is 6.56. The van der Waals surface area contributed by atoms with Gasteiger partial charge < -0.3 is 9.05 Å². The first kappa shape index (κ1) is 20.2. The highest BCUT2D eigenvalue weighted by atomic mass is 31.2. The lowest BCUT2D eigenvalue weighted by Gasteiger charge is -2.15. The second-order valence-electron chi connectivity index (χ2n) is 6.15. The molecule has 3 aromatic carbocycles. The van der Waals surface area contributed by atoms with E-state index >= 15 is 0 Å². The minimum atomic E-state index is -3.33. The van der Waals surface area contributed by atoms with E-state index in [4.69, 9.17) is 9.05 Å². The predicted molar refractivity (Wildman–Crippen MR) is 115 cm³/mol. The molecule has 0 aliphatic carbocycles. The van der Waals surface area contributed by atoms with Gasteiger partial charge in [0, 0.05) is 11.4 Å². The topological polar surface area (TPSA) is 52.6 Å². The summed E-state index contributed by atoms with van der Waals surface area (Å²) in [6, 6.07) is 19.4. The monoisotopic (exact) mass is 394 g/mol. The van der Waals surface area contributed by atoms with Crippen molar-refractivity contribution in [3.05, 3.63) is 77.6 Å². The quantitative estimate of drug-likeness (QED) is 0.321. The molecule has 144 valence electrons. The van der Waals surface area contributed by atoms with Crippen LogP contribution in [0.1, 0.15) is 29.8 Å². The van der Waals surface area contributed by atoms with Gasteiger partial charge in [-0.05, 0) is 47.4 Å². The van der Waals surface area contributed by atoms with E-state index in [1.165, 1.54) is 5.82 Å². The smallest absolute Gasteiger partial charge is 0.306 e. The van der Waals surface area contributed by atoms with Crippen LogP contribution in [0.15, 0.2) is 66.5 Å². The van der Waals surface area contributed by atoms with Gasteiger partial charge in [-0.3, -0.25) is 9.36 Å². The Morgan fingerprint density at radius 2 is 1.54 bits per heavy atom. The maximum absolute atomic E-state index is 12.8. The maximum atomic E-state index is 12.8. The average Bonchev–Trinajstić information content (AvgIpc) is 2.72. The van der Waals surface area contributed by atoms with Crippen molar-refractivity contribution in [1.82, 2.24) is 0 Å². The fraction of sp³-hybridized carbons (Fsp3) is 0.174. The first-order valence-corrected chi connectivity index (χ1v) is 10.9. The summed E-state index contributed by atoms with van der Waals surface area (Å²) in [5, 5.41) is 2.08. The van der Waals surface area contributed by atoms with Gasteiger partial charge in [0.1, 0.15) is 0 Å². The Morgan fingerprint density at radius 1 is 0.857 bits per heavy atom. The van der Waals surface area contributed by atoms with Crippen molar-refractivity contribution in [2.24, 2.45) is 0 Å². The molecule has 0 aliphatic heterocycles. The van der Waals surface area contributed by atoms with Gasteiger partial charge in [0.15, 0.2) is 6.29 Å². The molecule has 3 aromatic rings. The fourth-order valence-corrected chi connectivity index (χ4v) is 4.52. The van der Waals surface area contributed by atoms with E-state index < -0.39 is 7.60 Å². The summed E-state index contributed by atoms with van der Waals surface area (Å²) in [7, 11) is -3.33. The molecule has 5 heteroatoms. The summed E-state index contributed by atoms with van der Waals surface area (Å²) in [4.78, 5) is 11.6. The summed E-state index contributed by atoms with van der Waals surface area (Å²) in [6.07, 6.45) is 2.62. The molecule has 0 spiro atoms. The number of carbonyl (C=O) groups is 1. The highest BCUT2D eigenvalue weighted by Crippen LogP contribution is 2.50. The van der Waals surface area contributed by atoms with Gasteiger partial charge >= 0.3 is 7.60 Å². The van der Waals surface area contributed by atoms with E-state index in [2.05, 4.69) is 0 Å². The minimum Gasteiger partial charge on any atom is -0.306 e. The molecule has 0 radical (unpaired) electrons. The fourth-order valence-electron chi connectivity index (χ4n) is 3.21. The molecule has 0 fully saturated rings. The number of aldehydes is 1. The molecule has 0 bridgehead atoms. The third kappa shape index (κ3) is 4.31. The Balaban J connectivity index is 2.22. The van der Waals surface area contributed by atoms with E-state index in [1.54, 1.807) is 26.0 Å². The van der Waals surface area contributed by atoms with Gasteiger partial charge in [0.05, 0.1) is 13.2 Å². The van der Waals surface area contributed by atoms with Crippen LogP contribution in [0.5, 0.6) is 0 Å². The molecular weight excluding hydrogens is 371 g/mol. The van der Waals surface area contributed by atoms with Gasteiger partial charge in [-0.1, -0.05) is 60.7 Å². The normalized spacial score (nSPS) is 11.9. The van der Waals surface area contributed by atoms with E-state index in [0.717, 1.165) is 33.7 Å². The second-order valence-corrected chi connectivity index (χ2v) is 8.04. The first-order chi connectivity index (χ1) is 13.6. The molecule has 0 aromatic heterocycles. The Morgan fingerprint density at radius 3 is 2.25 bits per heavy atom. The lowest BCUT2D eigenvalue weighted by molar-refractivity contribution is 0.112. The molecule has 4 nitrogen and oxygen atoms in total. The van der Waals surface area contributed by atoms with Crippen LogP contribution in [-0.2, 0) is 13.6 Å². The molecular formula is C23H23O4P. The van der Waals surface area contributed by atoms with E-state index in [1.807, 2.05) is 54.6 Å². The van der Waals surface area contributed by atoms with Crippen molar-refractivity contribution in [2.75, 3.05) is 13.2 Å². The molecule has 0 atom stereocenters. The zero-order valence-corrected chi connectivity index (χ0v) is 16.9. The molecule has 0 saturated heterocycles. The Bertz CT molecular complexity index is 1050. The van der Waals surface area contributed by atoms with Crippen LogP contribution in [0.25, 0.3) is 28.0 Å². The maximum Gasteiger partial charge on any atom is 0.354 e. The van der Waals surface area contributed by atoms with Gasteiger partial charge in [-0.25, -0.2) is 0 Å². The summed E-state index contributed by atoms with van der Waals surface area (Å²) in [6.45, 7) is 4.14. The molecule has 0 aliphatic rings. The second kappa shape index (κ2) is 9.11. The lowest BCUT2D eigenvalue weighted by atomic mass is 9.91. The summed E-state index contributed by atoms with van der Waals surface area (Å²) >= 11 is 0. The third-order valence-corrected chi connectivity index (χ3v) is 6.12. The van der Waals surface area contributed by atoms with Gasteiger partial charge in [-0.15, -0.1) is 0 Å². The highest BCUT2D eigenvalue weighted by Gasteiger charge is 2.20. The first-order valence-electron chi connectivity index (χ1n) is 9.26. The van der Waals surface area contributed by atoms with Crippen LogP contribution in [0.3, 0.4) is 0 Å². The summed E-state index contributed by atoms with van der Waals surface area (Å²) in [5.41, 5.74) is 3.19. The Kier molecular flexibility index (Phi) is 6.58. The van der Waals surface area contributed by atoms with Crippen LogP contribution in [-0.4, -0.2) is 19.5 Å². The van der Waals surface area contributed by atoms with Crippen molar-refractivity contribution in [3.8, 4) is 11.1 Å². The van der Waals surface area contributed by atoms with Crippen LogP contribution in [0.2, 0.25) is 0 Å². The lowest BCUT2D eigenvalue weighted by Crippen LogP contribution is -1.94. The number of carbonyl (C=O) groups excluding carboxylic acids is 1. The van der Waals surface area contributed by atoms with E-state index in [-0.39, 0.29) is 0 Å². The Labute approximate surface area is 165 Å². The largest absolute Gasteiger partial charge is 0.354 e. The summed E-state index contributed by atoms with van der Waals surface area (Å²) < 4.78 is 23.6. The number of hydrogen-bond acceptors (Lipinski definition) is 4. The van der Waals surface area contributed by atoms with Crippen molar-refractivity contribution < 1.29 is 18.4 Å². The third-order valence-electron chi connectivity index (χ3n) is 4.37. The molecule has 0 saturated carbocycles. The number of rotatable bonds is 8. The van der Waals surface area contributed by atoms with Crippen molar-refractivity contribution in [3.63, 3.8) is 0 Å². The SMILES string of the molecule is CCOP(=O)(/C=C/c1ccc2ccccc2c1-c1ccccc1C=O)OCC. The van der Waals surface area contributed by atoms with Crippen LogP contribution in [0, 0.1) is 0 Å². The highest BCUT2D eigenvalue weighted by molar-refractivity contribution is 7.57. The molecule has 0 heterocycles. The zero-order valence-electron chi connectivity index (χ0n) is 16.0. The van der Waals surface area contributed by atoms with E-state index in [0.29, 0.717) is 18.8 Å². The molecule has 3 rings (SSSR count).